The van der Waals surface area contributed by atoms with Gasteiger partial charge in [-0.15, -0.1) is 0 Å². The molecule has 2 aromatic carbocycles. The average molecular weight is 297 g/mol. The van der Waals surface area contributed by atoms with Crippen LogP contribution >= 0.6 is 0 Å². The van der Waals surface area contributed by atoms with Crippen molar-refractivity contribution in [2.45, 2.75) is 26.3 Å². The summed E-state index contributed by atoms with van der Waals surface area (Å²) in [6.07, 6.45) is 1.28. The molecule has 0 aliphatic heterocycles. The van der Waals surface area contributed by atoms with Gasteiger partial charge in [0.25, 0.3) is 0 Å². The molecule has 0 N–H and O–H groups in total. The number of aryl methyl sites for hydroxylation is 2. The number of nitrogens with zero attached hydrogens (tertiary/aromatic N) is 1. The third kappa shape index (κ3) is 4.35. The van der Waals surface area contributed by atoms with E-state index in [9.17, 15) is 4.79 Å². The van der Waals surface area contributed by atoms with E-state index in [4.69, 9.17) is 4.74 Å². The first-order valence-electron chi connectivity index (χ1n) is 7.51. The average Bonchev–Trinajstić information content (AvgIpc) is 2.53. The van der Waals surface area contributed by atoms with Crippen molar-refractivity contribution in [2.75, 3.05) is 14.2 Å². The second-order valence-corrected chi connectivity index (χ2v) is 5.54. The number of carbonyl (C=O) groups excluding carboxylic acids is 1. The number of rotatable bonds is 6. The van der Waals surface area contributed by atoms with Crippen LogP contribution < -0.4 is 4.74 Å². The van der Waals surface area contributed by atoms with Gasteiger partial charge < -0.3 is 9.64 Å². The summed E-state index contributed by atoms with van der Waals surface area (Å²) in [6, 6.07) is 16.1. The molecule has 3 nitrogen and oxygen atoms in total. The van der Waals surface area contributed by atoms with Gasteiger partial charge in [0.05, 0.1) is 7.11 Å². The SMILES string of the molecule is COc1ccc(CCC(=O)N(C)Cc2ccccc2)cc1C. The lowest BCUT2D eigenvalue weighted by atomic mass is 10.1. The van der Waals surface area contributed by atoms with Crippen molar-refractivity contribution in [1.29, 1.82) is 0 Å². The number of methoxy groups -OCH3 is 1. The molecule has 3 heteroatoms. The Kier molecular flexibility index (Phi) is 5.59. The van der Waals surface area contributed by atoms with Crippen LogP contribution in [0.25, 0.3) is 0 Å². The van der Waals surface area contributed by atoms with E-state index >= 15 is 0 Å². The highest BCUT2D eigenvalue weighted by molar-refractivity contribution is 5.76. The molecule has 0 bridgehead atoms. The second kappa shape index (κ2) is 7.64. The zero-order valence-electron chi connectivity index (χ0n) is 13.5. The highest BCUT2D eigenvalue weighted by Gasteiger charge is 2.10. The van der Waals surface area contributed by atoms with Crippen molar-refractivity contribution >= 4 is 5.91 Å². The molecule has 1 amide bonds. The van der Waals surface area contributed by atoms with Crippen molar-refractivity contribution in [2.24, 2.45) is 0 Å². The van der Waals surface area contributed by atoms with Crippen molar-refractivity contribution in [3.8, 4) is 5.75 Å². The predicted octanol–water partition coefficient (Wildman–Crippen LogP) is 3.59. The van der Waals surface area contributed by atoms with Gasteiger partial charge in [-0.2, -0.15) is 0 Å². The molecule has 0 radical (unpaired) electrons. The molecule has 2 aromatic rings. The van der Waals surface area contributed by atoms with Gasteiger partial charge in [-0.1, -0.05) is 42.5 Å². The van der Waals surface area contributed by atoms with Gasteiger partial charge >= 0.3 is 0 Å². The molecule has 22 heavy (non-hydrogen) atoms. The lowest BCUT2D eigenvalue weighted by molar-refractivity contribution is -0.130. The first-order chi connectivity index (χ1) is 10.6. The normalized spacial score (nSPS) is 10.3. The van der Waals surface area contributed by atoms with Crippen LogP contribution in [0.1, 0.15) is 23.1 Å². The van der Waals surface area contributed by atoms with Gasteiger partial charge in [0.2, 0.25) is 5.91 Å². The van der Waals surface area contributed by atoms with Crippen LogP contribution in [-0.4, -0.2) is 25.0 Å². The monoisotopic (exact) mass is 297 g/mol. The Labute approximate surface area is 132 Å². The minimum Gasteiger partial charge on any atom is -0.496 e. The zero-order chi connectivity index (χ0) is 15.9. The largest absolute Gasteiger partial charge is 0.496 e. The fraction of sp³-hybridized carbons (Fsp3) is 0.316. The second-order valence-electron chi connectivity index (χ2n) is 5.54. The molecule has 0 aliphatic rings. The highest BCUT2D eigenvalue weighted by atomic mass is 16.5. The molecule has 0 aromatic heterocycles. The molecule has 0 atom stereocenters. The van der Waals surface area contributed by atoms with Crippen molar-refractivity contribution < 1.29 is 9.53 Å². The molecule has 0 saturated carbocycles. The lowest BCUT2D eigenvalue weighted by Gasteiger charge is -2.17. The van der Waals surface area contributed by atoms with Gasteiger partial charge in [0, 0.05) is 20.0 Å². The quantitative estimate of drug-likeness (QED) is 0.815. The Hall–Kier alpha value is -2.29. The first-order valence-corrected chi connectivity index (χ1v) is 7.51. The Morgan fingerprint density at radius 1 is 1.09 bits per heavy atom. The van der Waals surface area contributed by atoms with Crippen LogP contribution in [0.5, 0.6) is 5.75 Å². The van der Waals surface area contributed by atoms with E-state index in [-0.39, 0.29) is 5.91 Å². The van der Waals surface area contributed by atoms with Crippen molar-refractivity contribution in [1.82, 2.24) is 4.90 Å². The van der Waals surface area contributed by atoms with Gasteiger partial charge in [0.15, 0.2) is 0 Å². The fourth-order valence-electron chi connectivity index (χ4n) is 2.48. The van der Waals surface area contributed by atoms with Crippen LogP contribution in [0.3, 0.4) is 0 Å². The van der Waals surface area contributed by atoms with Crippen LogP contribution in [0.4, 0.5) is 0 Å². The van der Waals surface area contributed by atoms with E-state index in [0.29, 0.717) is 13.0 Å². The topological polar surface area (TPSA) is 29.5 Å². The summed E-state index contributed by atoms with van der Waals surface area (Å²) in [7, 11) is 3.53. The Morgan fingerprint density at radius 2 is 1.82 bits per heavy atom. The Balaban J connectivity index is 1.88. The number of carbonyl (C=O) groups is 1. The summed E-state index contributed by atoms with van der Waals surface area (Å²) in [5.41, 5.74) is 3.42. The number of ether oxygens (including phenoxy) is 1. The Bertz CT molecular complexity index is 623. The van der Waals surface area contributed by atoms with Crippen LogP contribution in [0.2, 0.25) is 0 Å². The van der Waals surface area contributed by atoms with Crippen molar-refractivity contribution in [3.05, 3.63) is 65.2 Å². The van der Waals surface area contributed by atoms with Crippen LogP contribution in [-0.2, 0) is 17.8 Å². The number of hydrogen-bond donors (Lipinski definition) is 0. The molecule has 0 spiro atoms. The van der Waals surface area contributed by atoms with Gasteiger partial charge in [-0.3, -0.25) is 4.79 Å². The summed E-state index contributed by atoms with van der Waals surface area (Å²) in [5, 5.41) is 0. The third-order valence-corrected chi connectivity index (χ3v) is 3.78. The van der Waals surface area contributed by atoms with Crippen molar-refractivity contribution in [3.63, 3.8) is 0 Å². The molecule has 0 heterocycles. The van der Waals surface area contributed by atoms with Crippen LogP contribution in [0, 0.1) is 6.92 Å². The van der Waals surface area contributed by atoms with E-state index in [1.807, 2.05) is 56.4 Å². The van der Waals surface area contributed by atoms with Gasteiger partial charge in [-0.25, -0.2) is 0 Å². The summed E-state index contributed by atoms with van der Waals surface area (Å²) >= 11 is 0. The standard InChI is InChI=1S/C19H23NO2/c1-15-13-16(9-11-18(15)22-3)10-12-19(21)20(2)14-17-7-5-4-6-8-17/h4-9,11,13H,10,12,14H2,1-3H3. The van der Waals surface area contributed by atoms with Crippen LogP contribution in [0.15, 0.2) is 48.5 Å². The maximum atomic E-state index is 12.2. The molecular weight excluding hydrogens is 274 g/mol. The summed E-state index contributed by atoms with van der Waals surface area (Å²) < 4.78 is 5.26. The highest BCUT2D eigenvalue weighted by Crippen LogP contribution is 2.19. The van der Waals surface area contributed by atoms with E-state index in [0.717, 1.165) is 23.3 Å². The zero-order valence-corrected chi connectivity index (χ0v) is 13.5. The molecular formula is C19H23NO2. The van der Waals surface area contributed by atoms with E-state index in [1.54, 1.807) is 12.0 Å². The van der Waals surface area contributed by atoms with Gasteiger partial charge in [0.1, 0.15) is 5.75 Å². The van der Waals surface area contributed by atoms with E-state index in [1.165, 1.54) is 5.56 Å². The molecule has 2 rings (SSSR count). The summed E-state index contributed by atoms with van der Waals surface area (Å²) in [4.78, 5) is 14.0. The molecule has 0 fully saturated rings. The van der Waals surface area contributed by atoms with Gasteiger partial charge in [-0.05, 0) is 36.1 Å². The summed E-state index contributed by atoms with van der Waals surface area (Å²) in [6.45, 7) is 2.67. The molecule has 116 valence electrons. The molecule has 0 saturated heterocycles. The third-order valence-electron chi connectivity index (χ3n) is 3.78. The number of benzene rings is 2. The Morgan fingerprint density at radius 3 is 2.45 bits per heavy atom. The van der Waals surface area contributed by atoms with E-state index < -0.39 is 0 Å². The lowest BCUT2D eigenvalue weighted by Crippen LogP contribution is -2.26. The first kappa shape index (κ1) is 16.1. The van der Waals surface area contributed by atoms with E-state index in [2.05, 4.69) is 6.07 Å². The predicted molar refractivity (Wildman–Crippen MR) is 89.0 cm³/mol. The maximum Gasteiger partial charge on any atom is 0.222 e. The maximum absolute atomic E-state index is 12.2. The minimum atomic E-state index is 0.164. The number of hydrogen-bond acceptors (Lipinski definition) is 2. The minimum absolute atomic E-state index is 0.164. The molecule has 0 aliphatic carbocycles. The molecule has 0 unspecified atom stereocenters. The fourth-order valence-corrected chi connectivity index (χ4v) is 2.48. The number of amides is 1. The smallest absolute Gasteiger partial charge is 0.222 e. The summed E-state index contributed by atoms with van der Waals surface area (Å²) in [5.74, 6) is 1.05.